The quantitative estimate of drug-likeness (QED) is 0.834. The van der Waals surface area contributed by atoms with Gasteiger partial charge >= 0.3 is 12.1 Å². The molecule has 1 rings (SSSR count). The van der Waals surface area contributed by atoms with Gasteiger partial charge in [-0.3, -0.25) is 4.79 Å². The van der Waals surface area contributed by atoms with Crippen molar-refractivity contribution in [3.63, 3.8) is 0 Å². The summed E-state index contributed by atoms with van der Waals surface area (Å²) < 4.78 is 36.1. The summed E-state index contributed by atoms with van der Waals surface area (Å²) in [6.07, 6.45) is -4.70. The maximum Gasteiger partial charge on any atom is 0.445 e. The van der Waals surface area contributed by atoms with E-state index in [2.05, 4.69) is 15.5 Å². The van der Waals surface area contributed by atoms with Crippen LogP contribution in [0.4, 0.5) is 18.3 Å². The fourth-order valence-electron chi connectivity index (χ4n) is 0.686. The van der Waals surface area contributed by atoms with Crippen LogP contribution in [-0.2, 0) is 11.0 Å². The van der Waals surface area contributed by atoms with Crippen molar-refractivity contribution in [2.75, 3.05) is 11.9 Å². The van der Waals surface area contributed by atoms with Crippen LogP contribution >= 0.6 is 11.3 Å². The summed E-state index contributed by atoms with van der Waals surface area (Å²) in [5.41, 5.74) is 0. The zero-order valence-corrected chi connectivity index (χ0v) is 8.02. The lowest BCUT2D eigenvalue weighted by Crippen LogP contribution is -2.07. The molecule has 0 aromatic carbocycles. The maximum atomic E-state index is 12.0. The van der Waals surface area contributed by atoms with Crippen LogP contribution in [0.2, 0.25) is 0 Å². The molecule has 0 aliphatic heterocycles. The van der Waals surface area contributed by atoms with Gasteiger partial charge < -0.3 is 10.4 Å². The molecule has 0 unspecified atom stereocenters. The third-order valence-corrected chi connectivity index (χ3v) is 2.21. The van der Waals surface area contributed by atoms with E-state index in [1.807, 2.05) is 0 Å². The molecular weight excluding hydrogens is 235 g/mol. The molecule has 0 fully saturated rings. The number of alkyl halides is 3. The summed E-state index contributed by atoms with van der Waals surface area (Å²) >= 11 is 0.340. The topological polar surface area (TPSA) is 75.1 Å². The second-order valence-electron chi connectivity index (χ2n) is 2.48. The fourth-order valence-corrected chi connectivity index (χ4v) is 1.32. The molecule has 0 saturated heterocycles. The summed E-state index contributed by atoms with van der Waals surface area (Å²) in [6.45, 7) is 0.0157. The molecule has 2 N–H and O–H groups in total. The second kappa shape index (κ2) is 4.43. The average Bonchev–Trinajstić information content (AvgIpc) is 2.51. The van der Waals surface area contributed by atoms with Gasteiger partial charge in [-0.05, 0) is 0 Å². The number of aliphatic carboxylic acids is 1. The number of anilines is 1. The van der Waals surface area contributed by atoms with E-state index >= 15 is 0 Å². The summed E-state index contributed by atoms with van der Waals surface area (Å²) in [6, 6.07) is 0. The van der Waals surface area contributed by atoms with Crippen molar-refractivity contribution in [1.29, 1.82) is 0 Å². The Morgan fingerprint density at radius 2 is 2.13 bits per heavy atom. The van der Waals surface area contributed by atoms with Crippen LogP contribution in [-0.4, -0.2) is 27.8 Å². The Kier molecular flexibility index (Phi) is 3.45. The van der Waals surface area contributed by atoms with E-state index < -0.39 is 17.2 Å². The van der Waals surface area contributed by atoms with Crippen LogP contribution in [0.3, 0.4) is 0 Å². The lowest BCUT2D eigenvalue weighted by Gasteiger charge is -1.98. The van der Waals surface area contributed by atoms with Gasteiger partial charge in [-0.15, -0.1) is 10.2 Å². The zero-order chi connectivity index (χ0) is 11.5. The predicted octanol–water partition coefficient (Wildman–Crippen LogP) is 1.44. The van der Waals surface area contributed by atoms with E-state index in [9.17, 15) is 18.0 Å². The first-order chi connectivity index (χ1) is 6.89. The highest BCUT2D eigenvalue weighted by Gasteiger charge is 2.35. The molecule has 0 amide bonds. The third kappa shape index (κ3) is 3.70. The molecule has 84 valence electrons. The van der Waals surface area contributed by atoms with Crippen molar-refractivity contribution in [3.05, 3.63) is 5.01 Å². The Hall–Kier alpha value is -1.38. The monoisotopic (exact) mass is 241 g/mol. The average molecular weight is 241 g/mol. The molecule has 0 bridgehead atoms. The number of rotatable bonds is 4. The van der Waals surface area contributed by atoms with E-state index in [0.717, 1.165) is 0 Å². The van der Waals surface area contributed by atoms with Crippen LogP contribution in [0.25, 0.3) is 0 Å². The largest absolute Gasteiger partial charge is 0.481 e. The first-order valence-corrected chi connectivity index (χ1v) is 4.57. The van der Waals surface area contributed by atoms with Gasteiger partial charge in [0.15, 0.2) is 0 Å². The number of hydrogen-bond donors (Lipinski definition) is 2. The lowest BCUT2D eigenvalue weighted by molar-refractivity contribution is -0.138. The molecular formula is C6H6F3N3O2S. The van der Waals surface area contributed by atoms with Gasteiger partial charge in [0.2, 0.25) is 10.1 Å². The minimum absolute atomic E-state index is 0.0157. The number of hydrogen-bond acceptors (Lipinski definition) is 5. The highest BCUT2D eigenvalue weighted by Crippen LogP contribution is 2.32. The molecule has 15 heavy (non-hydrogen) atoms. The lowest BCUT2D eigenvalue weighted by atomic mass is 10.4. The first-order valence-electron chi connectivity index (χ1n) is 3.76. The summed E-state index contributed by atoms with van der Waals surface area (Å²) in [7, 11) is 0. The van der Waals surface area contributed by atoms with Gasteiger partial charge in [0.05, 0.1) is 6.42 Å². The molecule has 5 nitrogen and oxygen atoms in total. The van der Waals surface area contributed by atoms with Crippen molar-refractivity contribution >= 4 is 22.4 Å². The molecule has 9 heteroatoms. The Morgan fingerprint density at radius 3 is 2.60 bits per heavy atom. The van der Waals surface area contributed by atoms with Crippen LogP contribution in [0.5, 0.6) is 0 Å². The Balaban J connectivity index is 2.50. The van der Waals surface area contributed by atoms with Crippen molar-refractivity contribution in [2.45, 2.75) is 12.6 Å². The Labute approximate surface area is 85.9 Å². The number of carbonyl (C=O) groups is 1. The standard InChI is InChI=1S/C6H6F3N3O2S/c7-6(8,9)4-11-12-5(15-4)10-2-1-3(13)14/h1-2H2,(H,10,12)(H,13,14). The minimum Gasteiger partial charge on any atom is -0.481 e. The molecule has 0 spiro atoms. The van der Waals surface area contributed by atoms with Crippen molar-refractivity contribution in [3.8, 4) is 0 Å². The summed E-state index contributed by atoms with van der Waals surface area (Å²) in [5.74, 6) is -1.04. The molecule has 0 radical (unpaired) electrons. The van der Waals surface area contributed by atoms with E-state index in [0.29, 0.717) is 11.3 Å². The van der Waals surface area contributed by atoms with E-state index in [1.165, 1.54) is 0 Å². The Morgan fingerprint density at radius 1 is 1.47 bits per heavy atom. The minimum atomic E-state index is -4.51. The molecule has 1 aromatic rings. The summed E-state index contributed by atoms with van der Waals surface area (Å²) in [5, 5.41) is 15.8. The maximum absolute atomic E-state index is 12.0. The Bertz CT molecular complexity index is 352. The molecule has 0 atom stereocenters. The van der Waals surface area contributed by atoms with E-state index in [1.54, 1.807) is 0 Å². The molecule has 1 heterocycles. The highest BCUT2D eigenvalue weighted by molar-refractivity contribution is 7.15. The smallest absolute Gasteiger partial charge is 0.445 e. The number of nitrogens with one attached hydrogen (secondary N) is 1. The van der Waals surface area contributed by atoms with Gasteiger partial charge in [0, 0.05) is 6.54 Å². The molecule has 0 aliphatic carbocycles. The van der Waals surface area contributed by atoms with E-state index in [-0.39, 0.29) is 18.1 Å². The number of halogens is 3. The van der Waals surface area contributed by atoms with Crippen LogP contribution in [0.1, 0.15) is 11.4 Å². The SMILES string of the molecule is O=C(O)CCNc1nnc(C(F)(F)F)s1. The first kappa shape index (κ1) is 11.7. The van der Waals surface area contributed by atoms with Crippen LogP contribution in [0.15, 0.2) is 0 Å². The normalized spacial score (nSPS) is 11.4. The fraction of sp³-hybridized carbons (Fsp3) is 0.500. The number of aromatic nitrogens is 2. The third-order valence-electron chi connectivity index (χ3n) is 1.28. The van der Waals surface area contributed by atoms with Gasteiger partial charge in [-0.2, -0.15) is 13.2 Å². The highest BCUT2D eigenvalue weighted by atomic mass is 32.1. The van der Waals surface area contributed by atoms with Gasteiger partial charge in [0.1, 0.15) is 0 Å². The van der Waals surface area contributed by atoms with Crippen LogP contribution in [0, 0.1) is 0 Å². The number of carboxylic acid groups (broad SMARTS) is 1. The van der Waals surface area contributed by atoms with Crippen LogP contribution < -0.4 is 5.32 Å². The molecule has 0 saturated carbocycles. The molecule has 0 aliphatic rings. The van der Waals surface area contributed by atoms with Gasteiger partial charge in [-0.1, -0.05) is 11.3 Å². The van der Waals surface area contributed by atoms with Gasteiger partial charge in [-0.25, -0.2) is 0 Å². The summed E-state index contributed by atoms with van der Waals surface area (Å²) in [4.78, 5) is 10.1. The number of nitrogens with zero attached hydrogens (tertiary/aromatic N) is 2. The van der Waals surface area contributed by atoms with Crippen molar-refractivity contribution in [1.82, 2.24) is 10.2 Å². The zero-order valence-electron chi connectivity index (χ0n) is 7.21. The second-order valence-corrected chi connectivity index (χ2v) is 3.46. The number of carboxylic acids is 1. The van der Waals surface area contributed by atoms with E-state index in [4.69, 9.17) is 5.11 Å². The van der Waals surface area contributed by atoms with Gasteiger partial charge in [0.25, 0.3) is 0 Å². The van der Waals surface area contributed by atoms with Crippen molar-refractivity contribution in [2.24, 2.45) is 0 Å². The van der Waals surface area contributed by atoms with Crippen molar-refractivity contribution < 1.29 is 23.1 Å². The predicted molar refractivity (Wildman–Crippen MR) is 45.7 cm³/mol. The molecule has 1 aromatic heterocycles.